The van der Waals surface area contributed by atoms with Gasteiger partial charge in [0.05, 0.1) is 30.4 Å². The molecule has 8 nitrogen and oxygen atoms in total. The normalized spacial score (nSPS) is 20.9. The zero-order chi connectivity index (χ0) is 28.4. The molecule has 4 rings (SSSR count). The van der Waals surface area contributed by atoms with Crippen LogP contribution >= 0.6 is 11.3 Å². The molecule has 0 unspecified atom stereocenters. The van der Waals surface area contributed by atoms with Gasteiger partial charge in [0.2, 0.25) is 0 Å². The fraction of sp³-hybridized carbons (Fsp3) is 0.593. The Labute approximate surface area is 229 Å². The van der Waals surface area contributed by atoms with Gasteiger partial charge in [0.1, 0.15) is 5.75 Å². The molecule has 0 radical (unpaired) electrons. The summed E-state index contributed by atoms with van der Waals surface area (Å²) in [7, 11) is 0. The molecule has 0 spiro atoms. The molecule has 214 valence electrons. The summed E-state index contributed by atoms with van der Waals surface area (Å²) in [6.45, 7) is 8.04. The minimum atomic E-state index is -4.65. The number of carbonyl (C=O) groups excluding carboxylic acids is 1. The summed E-state index contributed by atoms with van der Waals surface area (Å²) < 4.78 is 54.1. The first kappa shape index (κ1) is 29.1. The monoisotopic (exact) mass is 569 g/mol. The molecule has 0 bridgehead atoms. The second-order valence-corrected chi connectivity index (χ2v) is 12.1. The number of rotatable bonds is 6. The number of carbonyl (C=O) groups is 2. The van der Waals surface area contributed by atoms with Crippen molar-refractivity contribution in [2.75, 3.05) is 26.3 Å². The number of carboxylic acid groups (broad SMARTS) is 1. The standard InChI is InChI=1S/C27H34F3N3O5S/c1-26(2,3)22-15-33(14-19-7-5-11-37-19)24(39-22)31-23(34)20-12-18(27(28,29)30)8-9-21(20)38-16-17-6-4-10-32(13-17)25(35)36/h8-9,12,15,17,19H,4-7,10-11,13-14,16H2,1-3H3,(H,35,36)/b31-24-/t17-,19+/m0/s1. The van der Waals surface area contributed by atoms with Crippen LogP contribution in [0, 0.1) is 5.92 Å². The molecule has 12 heteroatoms. The summed E-state index contributed by atoms with van der Waals surface area (Å²) in [5.74, 6) is -0.991. The molecule has 2 aliphatic heterocycles. The minimum absolute atomic E-state index is 0.0116. The van der Waals surface area contributed by atoms with Gasteiger partial charge in [0.25, 0.3) is 5.91 Å². The first-order valence-corrected chi connectivity index (χ1v) is 13.9. The number of likely N-dealkylation sites (tertiary alicyclic amines) is 1. The van der Waals surface area contributed by atoms with Gasteiger partial charge in [-0.1, -0.05) is 20.8 Å². The summed E-state index contributed by atoms with van der Waals surface area (Å²) in [6, 6.07) is 2.78. The Morgan fingerprint density at radius 2 is 1.97 bits per heavy atom. The zero-order valence-corrected chi connectivity index (χ0v) is 23.1. The van der Waals surface area contributed by atoms with Gasteiger partial charge >= 0.3 is 12.3 Å². The van der Waals surface area contributed by atoms with Crippen molar-refractivity contribution in [2.24, 2.45) is 10.9 Å². The molecule has 0 saturated carbocycles. The van der Waals surface area contributed by atoms with Crippen molar-refractivity contribution >= 4 is 23.3 Å². The average molecular weight is 570 g/mol. The number of halogens is 3. The highest BCUT2D eigenvalue weighted by molar-refractivity contribution is 7.09. The maximum absolute atomic E-state index is 13.6. The number of benzene rings is 1. The van der Waals surface area contributed by atoms with E-state index in [2.05, 4.69) is 4.99 Å². The molecule has 2 aromatic rings. The van der Waals surface area contributed by atoms with Gasteiger partial charge in [0.15, 0.2) is 4.80 Å². The topological polar surface area (TPSA) is 93.4 Å². The minimum Gasteiger partial charge on any atom is -0.492 e. The molecule has 2 saturated heterocycles. The lowest BCUT2D eigenvalue weighted by Crippen LogP contribution is -2.40. The highest BCUT2D eigenvalue weighted by Crippen LogP contribution is 2.33. The Kier molecular flexibility index (Phi) is 8.75. The second kappa shape index (κ2) is 11.7. The van der Waals surface area contributed by atoms with Crippen LogP contribution < -0.4 is 9.54 Å². The maximum Gasteiger partial charge on any atom is 0.416 e. The number of hydrogen-bond acceptors (Lipinski definition) is 5. The lowest BCUT2D eigenvalue weighted by Gasteiger charge is -2.30. The molecule has 2 aliphatic rings. The third-order valence-corrected chi connectivity index (χ3v) is 8.33. The van der Waals surface area contributed by atoms with Crippen LogP contribution in [0.4, 0.5) is 18.0 Å². The van der Waals surface area contributed by atoms with Crippen molar-refractivity contribution in [3.8, 4) is 5.75 Å². The molecule has 39 heavy (non-hydrogen) atoms. The van der Waals surface area contributed by atoms with Crippen molar-refractivity contribution in [1.29, 1.82) is 0 Å². The van der Waals surface area contributed by atoms with E-state index in [1.807, 2.05) is 31.5 Å². The van der Waals surface area contributed by atoms with E-state index >= 15 is 0 Å². The zero-order valence-electron chi connectivity index (χ0n) is 22.3. The van der Waals surface area contributed by atoms with Crippen LogP contribution in [0.1, 0.15) is 67.3 Å². The Morgan fingerprint density at radius 3 is 2.62 bits per heavy atom. The number of nitrogens with zero attached hydrogens (tertiary/aromatic N) is 3. The molecular formula is C27H34F3N3O5S. The van der Waals surface area contributed by atoms with Crippen LogP contribution in [0.2, 0.25) is 0 Å². The average Bonchev–Trinajstić information content (AvgIpc) is 3.52. The molecule has 1 aromatic carbocycles. The second-order valence-electron chi connectivity index (χ2n) is 11.1. The predicted molar refractivity (Wildman–Crippen MR) is 139 cm³/mol. The number of amides is 2. The Morgan fingerprint density at radius 1 is 1.21 bits per heavy atom. The highest BCUT2D eigenvalue weighted by atomic mass is 32.1. The van der Waals surface area contributed by atoms with Gasteiger partial charge in [-0.25, -0.2) is 4.79 Å². The highest BCUT2D eigenvalue weighted by Gasteiger charge is 2.33. The SMILES string of the molecule is CC(C)(C)c1cn(C[C@H]2CCCO2)/c(=N/C(=O)c2cc(C(F)(F)F)ccc2OC[C@H]2CCCN(C(=O)O)C2)s1. The summed E-state index contributed by atoms with van der Waals surface area (Å²) in [5, 5.41) is 9.28. The van der Waals surface area contributed by atoms with Gasteiger partial charge in [-0.15, -0.1) is 11.3 Å². The van der Waals surface area contributed by atoms with Gasteiger partial charge < -0.3 is 24.0 Å². The van der Waals surface area contributed by atoms with E-state index in [1.165, 1.54) is 16.2 Å². The summed E-state index contributed by atoms with van der Waals surface area (Å²) in [5.41, 5.74) is -1.48. The van der Waals surface area contributed by atoms with Crippen LogP contribution in [-0.2, 0) is 22.9 Å². The largest absolute Gasteiger partial charge is 0.492 e. The lowest BCUT2D eigenvalue weighted by molar-refractivity contribution is -0.137. The maximum atomic E-state index is 13.6. The van der Waals surface area contributed by atoms with E-state index in [9.17, 15) is 27.9 Å². The van der Waals surface area contributed by atoms with Crippen molar-refractivity contribution in [2.45, 2.75) is 70.7 Å². The van der Waals surface area contributed by atoms with E-state index in [-0.39, 0.29) is 41.9 Å². The first-order chi connectivity index (χ1) is 18.3. The molecule has 1 aromatic heterocycles. The van der Waals surface area contributed by atoms with Crippen LogP contribution in [0.25, 0.3) is 0 Å². The molecule has 2 fully saturated rings. The van der Waals surface area contributed by atoms with E-state index in [4.69, 9.17) is 9.47 Å². The van der Waals surface area contributed by atoms with Crippen molar-refractivity contribution in [3.63, 3.8) is 0 Å². The van der Waals surface area contributed by atoms with E-state index < -0.39 is 23.7 Å². The summed E-state index contributed by atoms with van der Waals surface area (Å²) in [6.07, 6.45) is -0.559. The first-order valence-electron chi connectivity index (χ1n) is 13.0. The van der Waals surface area contributed by atoms with Crippen molar-refractivity contribution in [3.05, 3.63) is 45.2 Å². The Bertz CT molecular complexity index is 1260. The number of hydrogen-bond donors (Lipinski definition) is 1. The molecule has 2 atom stereocenters. The van der Waals surface area contributed by atoms with Gasteiger partial charge in [-0.2, -0.15) is 18.2 Å². The Balaban J connectivity index is 1.65. The van der Waals surface area contributed by atoms with Crippen LogP contribution in [0.15, 0.2) is 29.4 Å². The molecule has 0 aliphatic carbocycles. The summed E-state index contributed by atoms with van der Waals surface area (Å²) >= 11 is 1.32. The van der Waals surface area contributed by atoms with E-state index in [0.29, 0.717) is 37.3 Å². The van der Waals surface area contributed by atoms with Crippen LogP contribution in [-0.4, -0.2) is 59.0 Å². The molecule has 1 N–H and O–H groups in total. The van der Waals surface area contributed by atoms with Gasteiger partial charge in [-0.05, 0) is 49.3 Å². The number of alkyl halides is 3. The quantitative estimate of drug-likeness (QED) is 0.492. The number of ether oxygens (including phenoxy) is 2. The van der Waals surface area contributed by atoms with E-state index in [0.717, 1.165) is 35.9 Å². The van der Waals surface area contributed by atoms with Crippen LogP contribution in [0.3, 0.4) is 0 Å². The summed E-state index contributed by atoms with van der Waals surface area (Å²) in [4.78, 5) is 31.7. The third-order valence-electron chi connectivity index (χ3n) is 6.88. The number of thiazole rings is 1. The van der Waals surface area contributed by atoms with E-state index in [1.54, 1.807) is 0 Å². The molecule has 3 heterocycles. The number of piperidine rings is 1. The van der Waals surface area contributed by atoms with Gasteiger partial charge in [0, 0.05) is 36.7 Å². The fourth-order valence-electron chi connectivity index (χ4n) is 4.68. The number of aromatic nitrogens is 1. The fourth-order valence-corrected chi connectivity index (χ4v) is 5.74. The Hall–Kier alpha value is -2.86. The smallest absolute Gasteiger partial charge is 0.416 e. The lowest BCUT2D eigenvalue weighted by atomic mass is 9.95. The van der Waals surface area contributed by atoms with Crippen molar-refractivity contribution < 1.29 is 37.3 Å². The van der Waals surface area contributed by atoms with Gasteiger partial charge in [-0.3, -0.25) is 4.79 Å². The molecule has 2 amide bonds. The van der Waals surface area contributed by atoms with Crippen molar-refractivity contribution in [1.82, 2.24) is 9.47 Å². The van der Waals surface area contributed by atoms with Crippen LogP contribution in [0.5, 0.6) is 5.75 Å². The third kappa shape index (κ3) is 7.42. The molecular weight excluding hydrogens is 535 g/mol. The predicted octanol–water partition coefficient (Wildman–Crippen LogP) is 5.55.